The van der Waals surface area contributed by atoms with Gasteiger partial charge in [-0.15, -0.1) is 0 Å². The molecule has 3 aliphatic rings. The van der Waals surface area contributed by atoms with Crippen LogP contribution in [0.3, 0.4) is 0 Å². The monoisotopic (exact) mass is 401 g/mol. The Labute approximate surface area is 173 Å². The van der Waals surface area contributed by atoms with Crippen molar-refractivity contribution in [1.29, 1.82) is 0 Å². The second-order valence-corrected chi connectivity index (χ2v) is 8.90. The lowest BCUT2D eigenvalue weighted by molar-refractivity contribution is -0.248. The molecule has 1 amide bonds. The summed E-state index contributed by atoms with van der Waals surface area (Å²) in [6.07, 6.45) is 4.30. The van der Waals surface area contributed by atoms with Crippen molar-refractivity contribution in [3.05, 3.63) is 47.7 Å². The molecule has 0 aliphatic carbocycles. The van der Waals surface area contributed by atoms with E-state index in [1.165, 1.54) is 43.8 Å². The van der Waals surface area contributed by atoms with Gasteiger partial charge in [0.25, 0.3) is 0 Å². The van der Waals surface area contributed by atoms with Crippen LogP contribution in [0.2, 0.25) is 0 Å². The number of para-hydroxylation sites is 1. The molecule has 7 rings (SSSR count). The number of carbonyl (C=O) groups is 1. The van der Waals surface area contributed by atoms with Crippen molar-refractivity contribution in [2.45, 2.75) is 50.8 Å². The highest BCUT2D eigenvalue weighted by molar-refractivity contribution is 6.20. The van der Waals surface area contributed by atoms with Crippen molar-refractivity contribution in [2.75, 3.05) is 7.11 Å². The molecule has 3 atom stereocenters. The number of hydrogen-bond acceptors (Lipinski definition) is 3. The number of ether oxygens (including phenoxy) is 2. The SMILES string of the molecule is CO[C@@H]1CCC2OC1(C)n1ccc3c4c(c5c6ccccc6n2c5c31)CC(=O)NC4. The van der Waals surface area contributed by atoms with Gasteiger partial charge >= 0.3 is 0 Å². The molecule has 6 heteroatoms. The first-order valence-corrected chi connectivity index (χ1v) is 10.7. The molecule has 3 aliphatic heterocycles. The molecule has 1 N–H and O–H groups in total. The maximum Gasteiger partial charge on any atom is 0.224 e. The van der Waals surface area contributed by atoms with E-state index in [4.69, 9.17) is 9.47 Å². The minimum absolute atomic E-state index is 0.0222. The molecule has 2 unspecified atom stereocenters. The Balaban J connectivity index is 1.76. The molecule has 6 nitrogen and oxygen atoms in total. The van der Waals surface area contributed by atoms with E-state index in [9.17, 15) is 4.79 Å². The Morgan fingerprint density at radius 3 is 2.87 bits per heavy atom. The van der Waals surface area contributed by atoms with E-state index < -0.39 is 5.72 Å². The van der Waals surface area contributed by atoms with Crippen molar-refractivity contribution in [3.63, 3.8) is 0 Å². The predicted octanol–water partition coefficient (Wildman–Crippen LogP) is 3.93. The fraction of sp³-hybridized carbons (Fsp3) is 0.375. The number of nitrogens with one attached hydrogen (secondary N) is 1. The zero-order valence-corrected chi connectivity index (χ0v) is 17.1. The van der Waals surface area contributed by atoms with E-state index in [0.717, 1.165) is 12.8 Å². The Bertz CT molecular complexity index is 1400. The van der Waals surface area contributed by atoms with Crippen molar-refractivity contribution in [2.24, 2.45) is 0 Å². The van der Waals surface area contributed by atoms with Crippen LogP contribution in [0.1, 0.15) is 37.1 Å². The summed E-state index contributed by atoms with van der Waals surface area (Å²) in [7, 11) is 1.78. The number of benzene rings is 2. The number of rotatable bonds is 1. The van der Waals surface area contributed by atoms with Crippen molar-refractivity contribution < 1.29 is 14.3 Å². The van der Waals surface area contributed by atoms with Crippen LogP contribution in [-0.2, 0) is 33.0 Å². The first-order chi connectivity index (χ1) is 14.6. The van der Waals surface area contributed by atoms with Crippen LogP contribution in [0.5, 0.6) is 0 Å². The van der Waals surface area contributed by atoms with E-state index in [1.54, 1.807) is 7.11 Å². The van der Waals surface area contributed by atoms with Gasteiger partial charge in [0.05, 0.1) is 23.0 Å². The van der Waals surface area contributed by atoms with Gasteiger partial charge in [0.2, 0.25) is 5.91 Å². The highest BCUT2D eigenvalue weighted by Gasteiger charge is 2.47. The van der Waals surface area contributed by atoms with Crippen LogP contribution in [0.25, 0.3) is 32.7 Å². The van der Waals surface area contributed by atoms with Gasteiger partial charge in [-0.25, -0.2) is 0 Å². The van der Waals surface area contributed by atoms with Gasteiger partial charge in [-0.3, -0.25) is 4.79 Å². The average molecular weight is 401 g/mol. The molecule has 152 valence electrons. The number of fused-ring (bicyclic) bond motifs is 10. The zero-order chi connectivity index (χ0) is 20.2. The first-order valence-electron chi connectivity index (χ1n) is 10.7. The highest BCUT2D eigenvalue weighted by atomic mass is 16.6. The summed E-state index contributed by atoms with van der Waals surface area (Å²) in [5.41, 5.74) is 5.36. The number of amides is 1. The number of methoxy groups -OCH3 is 1. The fourth-order valence-corrected chi connectivity index (χ4v) is 6.21. The highest BCUT2D eigenvalue weighted by Crippen LogP contribution is 2.50. The summed E-state index contributed by atoms with van der Waals surface area (Å²) < 4.78 is 17.4. The smallest absolute Gasteiger partial charge is 0.224 e. The van der Waals surface area contributed by atoms with E-state index in [1.807, 2.05) is 0 Å². The lowest BCUT2D eigenvalue weighted by Gasteiger charge is -2.44. The van der Waals surface area contributed by atoms with E-state index >= 15 is 0 Å². The Morgan fingerprint density at radius 2 is 2.00 bits per heavy atom. The molecule has 1 saturated heterocycles. The molecule has 2 bridgehead atoms. The zero-order valence-electron chi connectivity index (χ0n) is 17.1. The number of hydrogen-bond donors (Lipinski definition) is 1. The molecular weight excluding hydrogens is 378 g/mol. The van der Waals surface area contributed by atoms with Crippen LogP contribution in [-0.4, -0.2) is 28.3 Å². The molecule has 2 aromatic heterocycles. The third-order valence-electron chi connectivity index (χ3n) is 7.51. The van der Waals surface area contributed by atoms with Crippen LogP contribution < -0.4 is 5.32 Å². The summed E-state index contributed by atoms with van der Waals surface area (Å²) in [5, 5.41) is 6.67. The second-order valence-electron chi connectivity index (χ2n) is 8.90. The van der Waals surface area contributed by atoms with Crippen LogP contribution in [0, 0.1) is 0 Å². The van der Waals surface area contributed by atoms with E-state index in [-0.39, 0.29) is 18.2 Å². The first kappa shape index (κ1) is 16.9. The van der Waals surface area contributed by atoms with Crippen molar-refractivity contribution in [1.82, 2.24) is 14.5 Å². The maximum absolute atomic E-state index is 12.4. The largest absolute Gasteiger partial charge is 0.376 e. The Morgan fingerprint density at radius 1 is 1.13 bits per heavy atom. The van der Waals surface area contributed by atoms with Gasteiger partial charge in [0.15, 0.2) is 5.72 Å². The number of nitrogens with zero attached hydrogens (tertiary/aromatic N) is 2. The number of aromatic nitrogens is 2. The van der Waals surface area contributed by atoms with Gasteiger partial charge in [0, 0.05) is 36.0 Å². The summed E-state index contributed by atoms with van der Waals surface area (Å²) in [5.74, 6) is 0.0932. The summed E-state index contributed by atoms with van der Waals surface area (Å²) in [6, 6.07) is 10.7. The molecule has 4 aromatic rings. The topological polar surface area (TPSA) is 57.4 Å². The normalized spacial score (nSPS) is 27.6. The van der Waals surface area contributed by atoms with E-state index in [0.29, 0.717) is 13.0 Å². The van der Waals surface area contributed by atoms with Gasteiger partial charge in [-0.1, -0.05) is 18.2 Å². The van der Waals surface area contributed by atoms with Gasteiger partial charge in [-0.2, -0.15) is 0 Å². The molecule has 1 fully saturated rings. The maximum atomic E-state index is 12.4. The average Bonchev–Trinajstić information content (AvgIpc) is 3.32. The van der Waals surface area contributed by atoms with Crippen LogP contribution in [0.4, 0.5) is 0 Å². The minimum atomic E-state index is -0.585. The molecular formula is C24H23N3O3. The molecule has 0 spiro atoms. The molecule has 5 heterocycles. The summed E-state index contributed by atoms with van der Waals surface area (Å²) >= 11 is 0. The number of carbonyl (C=O) groups excluding carboxylic acids is 1. The third kappa shape index (κ3) is 1.81. The van der Waals surface area contributed by atoms with Gasteiger partial charge < -0.3 is 23.9 Å². The minimum Gasteiger partial charge on any atom is -0.376 e. The molecule has 30 heavy (non-hydrogen) atoms. The lowest BCUT2D eigenvalue weighted by Crippen LogP contribution is -2.49. The van der Waals surface area contributed by atoms with Crippen LogP contribution in [0.15, 0.2) is 36.5 Å². The summed E-state index contributed by atoms with van der Waals surface area (Å²) in [4.78, 5) is 12.4. The molecule has 0 radical (unpaired) electrons. The third-order valence-corrected chi connectivity index (χ3v) is 7.51. The predicted molar refractivity (Wildman–Crippen MR) is 114 cm³/mol. The summed E-state index contributed by atoms with van der Waals surface area (Å²) in [6.45, 7) is 2.72. The van der Waals surface area contributed by atoms with E-state index in [2.05, 4.69) is 57.9 Å². The fourth-order valence-electron chi connectivity index (χ4n) is 6.21. The van der Waals surface area contributed by atoms with Gasteiger partial charge in [0.1, 0.15) is 12.3 Å². The quantitative estimate of drug-likeness (QED) is 0.526. The van der Waals surface area contributed by atoms with Crippen molar-refractivity contribution >= 4 is 38.6 Å². The van der Waals surface area contributed by atoms with Crippen LogP contribution >= 0.6 is 0 Å². The molecule has 0 saturated carbocycles. The standard InChI is InChI=1S/C24H23N3O3/c1-24-18(29-2)7-8-20(30-24)27-17-6-4-3-5-14(17)21-15-11-19(28)25-12-16(15)13-9-10-26(24)22(13)23(21)27/h3-6,9-10,18,20H,7-8,11-12H2,1-2H3,(H,25,28)/t18-,20?,24?/m1/s1. The lowest BCUT2D eigenvalue weighted by atomic mass is 9.92. The van der Waals surface area contributed by atoms with Crippen molar-refractivity contribution in [3.8, 4) is 0 Å². The molecule has 2 aromatic carbocycles. The van der Waals surface area contributed by atoms with Gasteiger partial charge in [-0.05, 0) is 43.0 Å². The Kier molecular flexibility index (Phi) is 3.07. The Hall–Kier alpha value is -2.83. The second kappa shape index (κ2) is 5.45.